The lowest BCUT2D eigenvalue weighted by molar-refractivity contribution is -0.137. The highest BCUT2D eigenvalue weighted by molar-refractivity contribution is 8.15. The van der Waals surface area contributed by atoms with Crippen molar-refractivity contribution in [2.24, 2.45) is 4.99 Å². The molecule has 0 radical (unpaired) electrons. The summed E-state index contributed by atoms with van der Waals surface area (Å²) in [5, 5.41) is 0.303. The van der Waals surface area contributed by atoms with Crippen LogP contribution in [-0.4, -0.2) is 41.4 Å². The normalized spacial score (nSPS) is 20.1. The van der Waals surface area contributed by atoms with Gasteiger partial charge in [-0.3, -0.25) is 9.69 Å². The quantitative estimate of drug-likeness (QED) is 0.615. The molecule has 2 unspecified atom stereocenters. The minimum absolute atomic E-state index is 0.101. The minimum atomic E-state index is -0.656. The molecule has 0 saturated carbocycles. The largest absolute Gasteiger partial charge is 0.493 e. The number of carbonyl (C=O) groups is 2. The molecule has 2 heterocycles. The second kappa shape index (κ2) is 9.08. The summed E-state index contributed by atoms with van der Waals surface area (Å²) in [5.74, 6) is 0.462. The van der Waals surface area contributed by atoms with Crippen LogP contribution in [0.4, 0.5) is 0 Å². The Bertz CT molecular complexity index is 1110. The first-order valence-electron chi connectivity index (χ1n) is 10.2. The number of rotatable bonds is 6. The van der Waals surface area contributed by atoms with Gasteiger partial charge in [0.2, 0.25) is 5.91 Å². The molecule has 1 fully saturated rings. The SMILES string of the molecule is COC(=O)C1=C(C)N=C2SC(C)C(=O)N2C1c1ccc(OCc2ccccc2)c(OC)c1. The van der Waals surface area contributed by atoms with Gasteiger partial charge in [0.05, 0.1) is 36.8 Å². The maximum absolute atomic E-state index is 13.0. The van der Waals surface area contributed by atoms with E-state index in [1.54, 1.807) is 31.1 Å². The number of nitrogens with zero attached hydrogens (tertiary/aromatic N) is 2. The Balaban J connectivity index is 1.72. The number of esters is 1. The Labute approximate surface area is 191 Å². The molecule has 4 rings (SSSR count). The van der Waals surface area contributed by atoms with Crippen molar-refractivity contribution in [2.75, 3.05) is 14.2 Å². The molecule has 0 aliphatic carbocycles. The third-order valence-electron chi connectivity index (χ3n) is 5.40. The first kappa shape index (κ1) is 22.0. The van der Waals surface area contributed by atoms with E-state index in [9.17, 15) is 9.59 Å². The van der Waals surface area contributed by atoms with Crippen molar-refractivity contribution in [3.8, 4) is 11.5 Å². The van der Waals surface area contributed by atoms with Crippen LogP contribution in [0, 0.1) is 0 Å². The summed E-state index contributed by atoms with van der Waals surface area (Å²) in [6.07, 6.45) is 0. The van der Waals surface area contributed by atoms with E-state index in [-0.39, 0.29) is 11.2 Å². The smallest absolute Gasteiger partial charge is 0.338 e. The molecule has 0 aromatic heterocycles. The Morgan fingerprint density at radius 3 is 2.56 bits per heavy atom. The van der Waals surface area contributed by atoms with Crippen molar-refractivity contribution in [1.29, 1.82) is 0 Å². The molecular formula is C24H24N2O5S. The second-order valence-corrected chi connectivity index (χ2v) is 8.75. The molecule has 8 heteroatoms. The number of benzene rings is 2. The summed E-state index contributed by atoms with van der Waals surface area (Å²) in [6, 6.07) is 14.6. The van der Waals surface area contributed by atoms with Crippen molar-refractivity contribution < 1.29 is 23.8 Å². The number of ether oxygens (including phenoxy) is 3. The van der Waals surface area contributed by atoms with Crippen molar-refractivity contribution >= 4 is 28.8 Å². The van der Waals surface area contributed by atoms with Gasteiger partial charge < -0.3 is 14.2 Å². The van der Waals surface area contributed by atoms with Gasteiger partial charge in [0.25, 0.3) is 0 Å². The molecule has 2 aliphatic heterocycles. The lowest BCUT2D eigenvalue weighted by Crippen LogP contribution is -2.40. The summed E-state index contributed by atoms with van der Waals surface area (Å²) >= 11 is 1.38. The topological polar surface area (TPSA) is 77.4 Å². The lowest BCUT2D eigenvalue weighted by Gasteiger charge is -2.33. The number of hydrogen-bond acceptors (Lipinski definition) is 7. The maximum Gasteiger partial charge on any atom is 0.338 e. The molecule has 2 aromatic rings. The van der Waals surface area contributed by atoms with Crippen LogP contribution in [0.15, 0.2) is 64.8 Å². The number of thioether (sulfide) groups is 1. The number of hydrogen-bond donors (Lipinski definition) is 0. The number of methoxy groups -OCH3 is 2. The van der Waals surface area contributed by atoms with Crippen LogP contribution >= 0.6 is 11.8 Å². The molecule has 0 spiro atoms. The first-order valence-corrected chi connectivity index (χ1v) is 11.0. The Morgan fingerprint density at radius 1 is 1.12 bits per heavy atom. The molecule has 0 bridgehead atoms. The third kappa shape index (κ3) is 3.98. The van der Waals surface area contributed by atoms with E-state index in [0.29, 0.717) is 40.1 Å². The van der Waals surface area contributed by atoms with Crippen LogP contribution in [-0.2, 0) is 20.9 Å². The van der Waals surface area contributed by atoms with Gasteiger partial charge >= 0.3 is 5.97 Å². The van der Waals surface area contributed by atoms with Gasteiger partial charge in [-0.2, -0.15) is 0 Å². The zero-order valence-corrected chi connectivity index (χ0v) is 19.1. The first-order chi connectivity index (χ1) is 15.4. The zero-order valence-electron chi connectivity index (χ0n) is 18.3. The summed E-state index contributed by atoms with van der Waals surface area (Å²) < 4.78 is 16.6. The molecule has 166 valence electrons. The van der Waals surface area contributed by atoms with Crippen molar-refractivity contribution in [2.45, 2.75) is 31.7 Å². The summed E-state index contributed by atoms with van der Waals surface area (Å²) in [4.78, 5) is 31.7. The predicted molar refractivity (Wildman–Crippen MR) is 123 cm³/mol. The van der Waals surface area contributed by atoms with E-state index in [2.05, 4.69) is 4.99 Å². The summed E-state index contributed by atoms with van der Waals surface area (Å²) in [5.41, 5.74) is 2.61. The molecule has 2 atom stereocenters. The molecular weight excluding hydrogens is 428 g/mol. The van der Waals surface area contributed by atoms with E-state index >= 15 is 0 Å². The monoisotopic (exact) mass is 452 g/mol. The van der Waals surface area contributed by atoms with Crippen LogP contribution in [0.5, 0.6) is 11.5 Å². The van der Waals surface area contributed by atoms with Gasteiger partial charge in [0.1, 0.15) is 6.61 Å². The highest BCUT2D eigenvalue weighted by Gasteiger charge is 2.46. The molecule has 1 amide bonds. The van der Waals surface area contributed by atoms with E-state index in [0.717, 1.165) is 5.56 Å². The number of amidine groups is 1. The van der Waals surface area contributed by atoms with Crippen molar-refractivity contribution in [1.82, 2.24) is 4.90 Å². The Kier molecular flexibility index (Phi) is 6.23. The fourth-order valence-electron chi connectivity index (χ4n) is 3.80. The summed E-state index contributed by atoms with van der Waals surface area (Å²) in [7, 11) is 2.88. The van der Waals surface area contributed by atoms with E-state index < -0.39 is 12.0 Å². The van der Waals surface area contributed by atoms with Crippen LogP contribution in [0.2, 0.25) is 0 Å². The number of carbonyl (C=O) groups excluding carboxylic acids is 2. The maximum atomic E-state index is 13.0. The van der Waals surface area contributed by atoms with Crippen LogP contribution in [0.1, 0.15) is 31.0 Å². The molecule has 7 nitrogen and oxygen atoms in total. The minimum Gasteiger partial charge on any atom is -0.493 e. The number of aliphatic imine (C=N–C) groups is 1. The van der Waals surface area contributed by atoms with Gasteiger partial charge in [0, 0.05) is 0 Å². The van der Waals surface area contributed by atoms with E-state index in [1.807, 2.05) is 43.3 Å². The second-order valence-electron chi connectivity index (χ2n) is 7.44. The van der Waals surface area contributed by atoms with E-state index in [4.69, 9.17) is 14.2 Å². The number of fused-ring (bicyclic) bond motifs is 1. The number of amides is 1. The number of allylic oxidation sites excluding steroid dienone is 1. The van der Waals surface area contributed by atoms with Gasteiger partial charge in [0.15, 0.2) is 16.7 Å². The van der Waals surface area contributed by atoms with Gasteiger partial charge in [-0.15, -0.1) is 0 Å². The van der Waals surface area contributed by atoms with Gasteiger partial charge in [-0.1, -0.05) is 48.2 Å². The Morgan fingerprint density at radius 2 is 1.88 bits per heavy atom. The zero-order chi connectivity index (χ0) is 22.8. The highest BCUT2D eigenvalue weighted by atomic mass is 32.2. The summed E-state index contributed by atoms with van der Waals surface area (Å²) in [6.45, 7) is 3.98. The van der Waals surface area contributed by atoms with Crippen LogP contribution in [0.25, 0.3) is 0 Å². The van der Waals surface area contributed by atoms with Crippen LogP contribution < -0.4 is 9.47 Å². The highest BCUT2D eigenvalue weighted by Crippen LogP contribution is 2.44. The lowest BCUT2D eigenvalue weighted by atomic mass is 9.94. The average Bonchev–Trinajstić information content (AvgIpc) is 3.09. The van der Waals surface area contributed by atoms with Crippen molar-refractivity contribution in [3.63, 3.8) is 0 Å². The molecule has 1 saturated heterocycles. The van der Waals surface area contributed by atoms with Crippen LogP contribution in [0.3, 0.4) is 0 Å². The van der Waals surface area contributed by atoms with Crippen molar-refractivity contribution in [3.05, 3.63) is 70.9 Å². The third-order valence-corrected chi connectivity index (χ3v) is 6.46. The predicted octanol–water partition coefficient (Wildman–Crippen LogP) is 4.10. The fraction of sp³-hybridized carbons (Fsp3) is 0.292. The van der Waals surface area contributed by atoms with Gasteiger partial charge in [-0.05, 0) is 37.1 Å². The van der Waals surface area contributed by atoms with Gasteiger partial charge in [-0.25, -0.2) is 9.79 Å². The Hall–Kier alpha value is -3.26. The molecule has 32 heavy (non-hydrogen) atoms. The molecule has 0 N–H and O–H groups in total. The van der Waals surface area contributed by atoms with E-state index in [1.165, 1.54) is 18.9 Å². The average molecular weight is 453 g/mol. The fourth-order valence-corrected chi connectivity index (χ4v) is 4.83. The standard InChI is InChI=1S/C24H24N2O5S/c1-14-20(23(28)30-4)21(26-22(27)15(2)32-24(26)25-14)17-10-11-18(19(12-17)29-3)31-13-16-8-6-5-7-9-16/h5-12,15,21H,13H2,1-4H3. The molecule has 2 aliphatic rings. The molecule has 2 aromatic carbocycles.